The number of alkyl halides is 4. The molecule has 0 saturated carbocycles. The lowest BCUT2D eigenvalue weighted by Gasteiger charge is -2.14. The summed E-state index contributed by atoms with van der Waals surface area (Å²) < 4.78 is 60.3. The van der Waals surface area contributed by atoms with Gasteiger partial charge in [0.25, 0.3) is 0 Å². The first-order chi connectivity index (χ1) is 13.5. The van der Waals surface area contributed by atoms with Crippen molar-refractivity contribution < 1.29 is 27.0 Å². The minimum absolute atomic E-state index is 0. The molecule has 0 aliphatic carbocycles. The molecule has 0 aliphatic heterocycles. The largest absolute Gasteiger partial charge is 0.435 e. The highest BCUT2D eigenvalue weighted by Gasteiger charge is 2.13. The second-order valence-electron chi connectivity index (χ2n) is 5.77. The maximum absolute atomic E-state index is 12.6. The lowest BCUT2D eigenvalue weighted by molar-refractivity contribution is -0.0546. The van der Waals surface area contributed by atoms with Gasteiger partial charge in [-0.3, -0.25) is 0 Å². The normalized spacial score (nSPS) is 10.8. The summed E-state index contributed by atoms with van der Waals surface area (Å²) >= 11 is 0. The Hall–Kier alpha value is -2.78. The molecule has 1 heterocycles. The molecule has 0 aliphatic rings. The molecule has 2 aromatic carbocycles. The standard InChI is InChI=1S/C19H17F4N3O2.ClH/c20-18(21)27-16-6-3-14(17(9-16)28-19(22)23)11-25-10-13-1-4-15(5-2-13)26-8-7-24-12-26;/h1-9,12,18-19,25H,10-11H2;1H. The number of rotatable bonds is 9. The molecule has 0 radical (unpaired) electrons. The van der Waals surface area contributed by atoms with E-state index >= 15 is 0 Å². The van der Waals surface area contributed by atoms with Crippen LogP contribution in [0.4, 0.5) is 17.6 Å². The summed E-state index contributed by atoms with van der Waals surface area (Å²) in [5.74, 6) is -0.458. The van der Waals surface area contributed by atoms with Crippen molar-refractivity contribution in [2.24, 2.45) is 0 Å². The van der Waals surface area contributed by atoms with Crippen LogP contribution < -0.4 is 14.8 Å². The molecule has 0 bridgehead atoms. The molecule has 0 unspecified atom stereocenters. The van der Waals surface area contributed by atoms with Gasteiger partial charge in [-0.15, -0.1) is 12.4 Å². The van der Waals surface area contributed by atoms with Crippen LogP contribution in [-0.2, 0) is 13.1 Å². The van der Waals surface area contributed by atoms with Crippen molar-refractivity contribution in [2.45, 2.75) is 26.3 Å². The fourth-order valence-electron chi connectivity index (χ4n) is 2.60. The number of hydrogen-bond acceptors (Lipinski definition) is 4. The monoisotopic (exact) mass is 431 g/mol. The van der Waals surface area contributed by atoms with Gasteiger partial charge < -0.3 is 19.4 Å². The minimum atomic E-state index is -3.07. The van der Waals surface area contributed by atoms with E-state index in [1.807, 2.05) is 35.0 Å². The lowest BCUT2D eigenvalue weighted by atomic mass is 10.1. The van der Waals surface area contributed by atoms with Crippen LogP contribution in [0.3, 0.4) is 0 Å². The van der Waals surface area contributed by atoms with Gasteiger partial charge in [-0.05, 0) is 23.8 Å². The summed E-state index contributed by atoms with van der Waals surface area (Å²) in [4.78, 5) is 3.99. The van der Waals surface area contributed by atoms with Crippen molar-refractivity contribution in [3.8, 4) is 17.2 Å². The molecule has 0 spiro atoms. The number of nitrogens with one attached hydrogen (secondary N) is 1. The summed E-state index contributed by atoms with van der Waals surface area (Å²) in [6.07, 6.45) is 5.21. The predicted molar refractivity (Wildman–Crippen MR) is 101 cm³/mol. The van der Waals surface area contributed by atoms with Gasteiger partial charge >= 0.3 is 13.2 Å². The van der Waals surface area contributed by atoms with E-state index in [1.165, 1.54) is 12.1 Å². The molecular weight excluding hydrogens is 414 g/mol. The molecule has 1 N–H and O–H groups in total. The Morgan fingerprint density at radius 1 is 0.931 bits per heavy atom. The van der Waals surface area contributed by atoms with Gasteiger partial charge in [-0.25, -0.2) is 4.98 Å². The van der Waals surface area contributed by atoms with Crippen molar-refractivity contribution in [3.63, 3.8) is 0 Å². The SMILES string of the molecule is Cl.FC(F)Oc1ccc(CNCc2ccc(-n3ccnc3)cc2)c(OC(F)F)c1. The van der Waals surface area contributed by atoms with Crippen LogP contribution in [0.15, 0.2) is 61.2 Å². The number of benzene rings is 2. The summed E-state index contributed by atoms with van der Waals surface area (Å²) in [6.45, 7) is -5.43. The third kappa shape index (κ3) is 6.65. The maximum Gasteiger partial charge on any atom is 0.387 e. The van der Waals surface area contributed by atoms with Gasteiger partial charge in [0.2, 0.25) is 0 Å². The summed E-state index contributed by atoms with van der Waals surface area (Å²) in [5.41, 5.74) is 2.35. The molecule has 0 atom stereocenters. The first kappa shape index (κ1) is 22.5. The van der Waals surface area contributed by atoms with Crippen LogP contribution in [0.1, 0.15) is 11.1 Å². The molecule has 0 amide bonds. The van der Waals surface area contributed by atoms with Gasteiger partial charge in [0, 0.05) is 42.8 Å². The number of ether oxygens (including phenoxy) is 2. The van der Waals surface area contributed by atoms with Gasteiger partial charge in [-0.1, -0.05) is 18.2 Å². The van der Waals surface area contributed by atoms with Crippen LogP contribution in [0, 0.1) is 0 Å². The molecule has 5 nitrogen and oxygen atoms in total. The van der Waals surface area contributed by atoms with E-state index in [0.717, 1.165) is 17.3 Å². The topological polar surface area (TPSA) is 48.3 Å². The summed E-state index contributed by atoms with van der Waals surface area (Å²) in [5, 5.41) is 3.11. The molecule has 3 aromatic rings. The molecule has 0 saturated heterocycles. The van der Waals surface area contributed by atoms with E-state index in [0.29, 0.717) is 12.1 Å². The first-order valence-electron chi connectivity index (χ1n) is 8.32. The van der Waals surface area contributed by atoms with Crippen molar-refractivity contribution >= 4 is 12.4 Å². The molecule has 156 valence electrons. The Labute approximate surface area is 170 Å². The second kappa shape index (κ2) is 10.7. The van der Waals surface area contributed by atoms with Crippen LogP contribution in [0.2, 0.25) is 0 Å². The highest BCUT2D eigenvalue weighted by Crippen LogP contribution is 2.27. The first-order valence-corrected chi connectivity index (χ1v) is 8.32. The molecule has 3 rings (SSSR count). The summed E-state index contributed by atoms with van der Waals surface area (Å²) in [6, 6.07) is 11.4. The second-order valence-corrected chi connectivity index (χ2v) is 5.77. The molecule has 10 heteroatoms. The molecular formula is C19H18ClF4N3O2. The van der Waals surface area contributed by atoms with Crippen molar-refractivity contribution in [2.75, 3.05) is 0 Å². The average Bonchev–Trinajstić information content (AvgIpc) is 3.18. The highest BCUT2D eigenvalue weighted by atomic mass is 35.5. The minimum Gasteiger partial charge on any atom is -0.435 e. The van der Waals surface area contributed by atoms with Crippen molar-refractivity contribution in [1.29, 1.82) is 0 Å². The zero-order valence-electron chi connectivity index (χ0n) is 15.0. The van der Waals surface area contributed by atoms with Crippen LogP contribution in [-0.4, -0.2) is 22.8 Å². The number of halogens is 5. The van der Waals surface area contributed by atoms with Crippen molar-refractivity contribution in [3.05, 3.63) is 72.3 Å². The zero-order valence-corrected chi connectivity index (χ0v) is 15.8. The average molecular weight is 432 g/mol. The third-order valence-corrected chi connectivity index (χ3v) is 3.86. The molecule has 29 heavy (non-hydrogen) atoms. The number of aromatic nitrogens is 2. The Bertz CT molecular complexity index is 878. The van der Waals surface area contributed by atoms with E-state index in [1.54, 1.807) is 12.5 Å². The number of imidazole rings is 1. The van der Waals surface area contributed by atoms with Crippen LogP contribution in [0.5, 0.6) is 11.5 Å². The van der Waals surface area contributed by atoms with E-state index < -0.39 is 13.2 Å². The number of nitrogens with zero attached hydrogens (tertiary/aromatic N) is 2. The van der Waals surface area contributed by atoms with E-state index in [-0.39, 0.29) is 30.5 Å². The van der Waals surface area contributed by atoms with Gasteiger partial charge in [0.1, 0.15) is 11.5 Å². The Morgan fingerprint density at radius 3 is 2.28 bits per heavy atom. The fraction of sp³-hybridized carbons (Fsp3) is 0.211. The Kier molecular flexibility index (Phi) is 8.29. The predicted octanol–water partition coefficient (Wildman–Crippen LogP) is 4.79. The molecule has 0 fully saturated rings. The van der Waals surface area contributed by atoms with E-state index in [4.69, 9.17) is 0 Å². The quantitative estimate of drug-likeness (QED) is 0.495. The van der Waals surface area contributed by atoms with Gasteiger partial charge in [-0.2, -0.15) is 17.6 Å². The van der Waals surface area contributed by atoms with Gasteiger partial charge in [0.15, 0.2) is 0 Å². The van der Waals surface area contributed by atoms with E-state index in [2.05, 4.69) is 19.8 Å². The van der Waals surface area contributed by atoms with Crippen LogP contribution >= 0.6 is 12.4 Å². The molecule has 1 aromatic heterocycles. The van der Waals surface area contributed by atoms with Crippen LogP contribution in [0.25, 0.3) is 5.69 Å². The highest BCUT2D eigenvalue weighted by molar-refractivity contribution is 5.85. The number of hydrogen-bond donors (Lipinski definition) is 1. The fourth-order valence-corrected chi connectivity index (χ4v) is 2.60. The summed E-state index contributed by atoms with van der Waals surface area (Å²) in [7, 11) is 0. The zero-order chi connectivity index (χ0) is 19.9. The smallest absolute Gasteiger partial charge is 0.387 e. The third-order valence-electron chi connectivity index (χ3n) is 3.86. The Morgan fingerprint density at radius 2 is 1.66 bits per heavy atom. The lowest BCUT2D eigenvalue weighted by Crippen LogP contribution is -2.15. The van der Waals surface area contributed by atoms with Crippen molar-refractivity contribution in [1.82, 2.24) is 14.9 Å². The maximum atomic E-state index is 12.6. The van der Waals surface area contributed by atoms with E-state index in [9.17, 15) is 17.6 Å². The Balaban J connectivity index is 0.00000300. The van der Waals surface area contributed by atoms with Gasteiger partial charge in [0.05, 0.1) is 6.33 Å².